The first-order valence-electron chi connectivity index (χ1n) is 12.5. The lowest BCUT2D eigenvalue weighted by Crippen LogP contribution is -2.45. The number of benzene rings is 4. The largest absolute Gasteiger partial charge is 0.467 e. The molecule has 0 aliphatic heterocycles. The van der Waals surface area contributed by atoms with Gasteiger partial charge in [-0.15, -0.1) is 0 Å². The number of carbonyl (C=O) groups excluding carboxylic acids is 3. The quantitative estimate of drug-likeness (QED) is 0.196. The SMILES string of the molecule is COC(=O)[C@H](Cc1ccc(NC(=O)c2c(Cl)cccc2Cl)cc1)NC(=O)Nc1ccccc1S(=O)(=O)c1ccccc1. The van der Waals surface area contributed by atoms with Crippen molar-refractivity contribution < 1.29 is 27.5 Å². The number of halogens is 2. The number of ether oxygens (including phenoxy) is 1. The molecule has 4 rings (SSSR count). The smallest absolute Gasteiger partial charge is 0.328 e. The van der Waals surface area contributed by atoms with E-state index in [0.29, 0.717) is 11.3 Å². The molecule has 3 N–H and O–H groups in total. The minimum atomic E-state index is -3.93. The fraction of sp³-hybridized carbons (Fsp3) is 0.100. The van der Waals surface area contributed by atoms with Crippen LogP contribution in [0.3, 0.4) is 0 Å². The maximum absolute atomic E-state index is 13.2. The highest BCUT2D eigenvalue weighted by Crippen LogP contribution is 2.28. The second-order valence-corrected chi connectivity index (χ2v) is 11.7. The van der Waals surface area contributed by atoms with E-state index < -0.39 is 33.8 Å². The molecule has 3 amide bonds. The number of carbonyl (C=O) groups is 3. The highest BCUT2D eigenvalue weighted by atomic mass is 35.5. The van der Waals surface area contributed by atoms with Crippen molar-refractivity contribution in [2.24, 2.45) is 0 Å². The monoisotopic (exact) mass is 625 g/mol. The van der Waals surface area contributed by atoms with Crippen LogP contribution in [-0.2, 0) is 25.8 Å². The second kappa shape index (κ2) is 13.5. The summed E-state index contributed by atoms with van der Waals surface area (Å²) in [4.78, 5) is 38.0. The van der Waals surface area contributed by atoms with Crippen LogP contribution in [0.25, 0.3) is 0 Å². The lowest BCUT2D eigenvalue weighted by molar-refractivity contribution is -0.142. The Bertz CT molecular complexity index is 1690. The Morgan fingerprint density at radius 2 is 1.40 bits per heavy atom. The van der Waals surface area contributed by atoms with Gasteiger partial charge in [0.1, 0.15) is 6.04 Å². The van der Waals surface area contributed by atoms with E-state index in [0.717, 1.165) is 0 Å². The summed E-state index contributed by atoms with van der Waals surface area (Å²) in [5.74, 6) is -1.19. The van der Waals surface area contributed by atoms with Crippen molar-refractivity contribution in [3.05, 3.63) is 118 Å². The van der Waals surface area contributed by atoms with Gasteiger partial charge in [-0.05, 0) is 54.1 Å². The highest BCUT2D eigenvalue weighted by molar-refractivity contribution is 7.91. The van der Waals surface area contributed by atoms with Gasteiger partial charge in [-0.25, -0.2) is 18.0 Å². The van der Waals surface area contributed by atoms with Gasteiger partial charge in [-0.1, -0.05) is 71.7 Å². The van der Waals surface area contributed by atoms with Gasteiger partial charge in [0, 0.05) is 12.1 Å². The van der Waals surface area contributed by atoms with Gasteiger partial charge >= 0.3 is 12.0 Å². The van der Waals surface area contributed by atoms with Gasteiger partial charge in [0.25, 0.3) is 5.91 Å². The summed E-state index contributed by atoms with van der Waals surface area (Å²) in [6, 6.07) is 23.2. The molecule has 0 radical (unpaired) electrons. The summed E-state index contributed by atoms with van der Waals surface area (Å²) in [6.45, 7) is 0. The summed E-state index contributed by atoms with van der Waals surface area (Å²) in [7, 11) is -2.74. The summed E-state index contributed by atoms with van der Waals surface area (Å²) in [6.07, 6.45) is 0.0502. The Morgan fingerprint density at radius 3 is 2.05 bits per heavy atom. The first-order valence-corrected chi connectivity index (χ1v) is 14.7. The van der Waals surface area contributed by atoms with Crippen molar-refractivity contribution in [2.45, 2.75) is 22.3 Å². The number of anilines is 2. The molecular weight excluding hydrogens is 601 g/mol. The molecule has 0 fully saturated rings. The van der Waals surface area contributed by atoms with Crippen molar-refractivity contribution in [3.8, 4) is 0 Å². The zero-order valence-corrected chi connectivity index (χ0v) is 24.5. The molecule has 0 bridgehead atoms. The zero-order valence-electron chi connectivity index (χ0n) is 22.1. The minimum Gasteiger partial charge on any atom is -0.467 e. The third-order valence-electron chi connectivity index (χ3n) is 6.11. The van der Waals surface area contributed by atoms with E-state index in [1.54, 1.807) is 72.8 Å². The van der Waals surface area contributed by atoms with Gasteiger partial charge in [-0.3, -0.25) is 4.79 Å². The molecule has 216 valence electrons. The molecule has 0 saturated carbocycles. The number of amides is 3. The Morgan fingerprint density at radius 1 is 0.786 bits per heavy atom. The van der Waals surface area contributed by atoms with Crippen molar-refractivity contribution in [3.63, 3.8) is 0 Å². The van der Waals surface area contributed by atoms with Crippen molar-refractivity contribution in [2.75, 3.05) is 17.7 Å². The maximum Gasteiger partial charge on any atom is 0.328 e. The standard InChI is InChI=1S/C30H25Cl2N3O6S/c1-41-29(37)25(18-19-14-16-20(17-15-19)33-28(36)27-22(31)10-7-11-23(27)32)35-30(38)34-24-12-5-6-13-26(24)42(39,40)21-8-3-2-4-9-21/h2-17,25H,18H2,1H3,(H,33,36)(H2,34,35,38)/t25-/m0/s1. The third-order valence-corrected chi connectivity index (χ3v) is 8.57. The number of hydrogen-bond acceptors (Lipinski definition) is 6. The number of hydrogen-bond donors (Lipinski definition) is 3. The van der Waals surface area contributed by atoms with E-state index >= 15 is 0 Å². The third kappa shape index (κ3) is 7.27. The van der Waals surface area contributed by atoms with E-state index in [1.807, 2.05) is 0 Å². The first-order chi connectivity index (χ1) is 20.1. The van der Waals surface area contributed by atoms with Gasteiger partial charge < -0.3 is 20.7 Å². The number of urea groups is 1. The molecule has 0 spiro atoms. The zero-order chi connectivity index (χ0) is 30.3. The van der Waals surface area contributed by atoms with Gasteiger partial charge in [0.2, 0.25) is 9.84 Å². The molecule has 12 heteroatoms. The number of methoxy groups -OCH3 is 1. The van der Waals surface area contributed by atoms with Crippen LogP contribution < -0.4 is 16.0 Å². The van der Waals surface area contributed by atoms with Crippen LogP contribution >= 0.6 is 23.2 Å². The fourth-order valence-electron chi connectivity index (χ4n) is 4.05. The minimum absolute atomic E-state index is 0.0428. The van der Waals surface area contributed by atoms with E-state index in [4.69, 9.17) is 27.9 Å². The summed E-state index contributed by atoms with van der Waals surface area (Å²) in [5.41, 5.74) is 1.29. The van der Waals surface area contributed by atoms with Crippen LogP contribution in [-0.4, -0.2) is 39.5 Å². The average Bonchev–Trinajstić information content (AvgIpc) is 2.98. The molecule has 1 atom stereocenters. The van der Waals surface area contributed by atoms with Crippen LogP contribution in [0.2, 0.25) is 10.0 Å². The summed E-state index contributed by atoms with van der Waals surface area (Å²) < 4.78 is 31.2. The van der Waals surface area contributed by atoms with E-state index in [1.165, 1.54) is 31.4 Å². The topological polar surface area (TPSA) is 131 Å². The maximum atomic E-state index is 13.2. The molecule has 0 aromatic heterocycles. The number of rotatable bonds is 9. The Kier molecular flexibility index (Phi) is 9.84. The fourth-order valence-corrected chi connectivity index (χ4v) is 6.06. The summed E-state index contributed by atoms with van der Waals surface area (Å²) in [5, 5.41) is 8.21. The average molecular weight is 627 g/mol. The molecule has 0 saturated heterocycles. The van der Waals surface area contributed by atoms with Crippen molar-refractivity contribution in [1.29, 1.82) is 0 Å². The molecule has 0 unspecified atom stereocenters. The molecule has 0 aliphatic rings. The highest BCUT2D eigenvalue weighted by Gasteiger charge is 2.25. The van der Waals surface area contributed by atoms with E-state index in [-0.39, 0.29) is 37.5 Å². The van der Waals surface area contributed by atoms with Crippen LogP contribution in [0.4, 0.5) is 16.2 Å². The van der Waals surface area contributed by atoms with Crippen LogP contribution in [0.1, 0.15) is 15.9 Å². The van der Waals surface area contributed by atoms with Crippen LogP contribution in [0.15, 0.2) is 107 Å². The molecule has 42 heavy (non-hydrogen) atoms. The summed E-state index contributed by atoms with van der Waals surface area (Å²) >= 11 is 12.2. The van der Waals surface area contributed by atoms with Crippen molar-refractivity contribution >= 4 is 62.3 Å². The van der Waals surface area contributed by atoms with Gasteiger partial charge in [-0.2, -0.15) is 0 Å². The molecule has 4 aromatic carbocycles. The number of sulfone groups is 1. The first kappa shape index (κ1) is 30.6. The number of para-hydroxylation sites is 1. The van der Waals surface area contributed by atoms with E-state index in [9.17, 15) is 22.8 Å². The molecule has 9 nitrogen and oxygen atoms in total. The lowest BCUT2D eigenvalue weighted by atomic mass is 10.1. The Balaban J connectivity index is 1.45. The molecule has 4 aromatic rings. The molecular formula is C30H25Cl2N3O6S. The number of nitrogens with one attached hydrogen (secondary N) is 3. The van der Waals surface area contributed by atoms with E-state index in [2.05, 4.69) is 16.0 Å². The normalized spacial score (nSPS) is 11.7. The van der Waals surface area contributed by atoms with Gasteiger partial charge in [0.15, 0.2) is 0 Å². The second-order valence-electron chi connectivity index (χ2n) is 8.94. The predicted molar refractivity (Wildman–Crippen MR) is 161 cm³/mol. The Labute approximate surface area is 252 Å². The molecule has 0 aliphatic carbocycles. The van der Waals surface area contributed by atoms with Gasteiger partial charge in [0.05, 0.1) is 38.2 Å². The van der Waals surface area contributed by atoms with Crippen molar-refractivity contribution in [1.82, 2.24) is 5.32 Å². The van der Waals surface area contributed by atoms with Crippen LogP contribution in [0, 0.1) is 0 Å². The predicted octanol–water partition coefficient (Wildman–Crippen LogP) is 5.98. The Hall–Kier alpha value is -4.38. The molecule has 0 heterocycles. The lowest BCUT2D eigenvalue weighted by Gasteiger charge is -2.18. The van der Waals surface area contributed by atoms with Crippen LogP contribution in [0.5, 0.6) is 0 Å². The number of esters is 1.